The Morgan fingerprint density at radius 1 is 1.47 bits per heavy atom. The minimum Gasteiger partial charge on any atom is -0.395 e. The van der Waals surface area contributed by atoms with Crippen molar-refractivity contribution in [2.24, 2.45) is 5.73 Å². The molecule has 0 aromatic carbocycles. The Labute approximate surface area is 93.4 Å². The number of nitrogens with two attached hydrogens (primary N) is 1. The molecule has 4 heteroatoms. The van der Waals surface area contributed by atoms with Gasteiger partial charge in [-0.1, -0.05) is 13.3 Å². The van der Waals surface area contributed by atoms with Crippen LogP contribution in [0.2, 0.25) is 0 Å². The smallest absolute Gasteiger partial charge is 0.0629 e. The number of likely N-dealkylation sites (N-methyl/N-ethyl adjacent to an activating group) is 1. The molecule has 0 saturated heterocycles. The van der Waals surface area contributed by atoms with Gasteiger partial charge in [0.1, 0.15) is 0 Å². The molecule has 0 amide bonds. The number of aliphatic hydroxyl groups excluding tert-OH is 1. The van der Waals surface area contributed by atoms with E-state index in [1.807, 2.05) is 7.05 Å². The number of methoxy groups -OCH3 is 1. The normalized spacial score (nSPS) is 17.8. The Bertz CT molecular complexity index is 156. The zero-order valence-electron chi connectivity index (χ0n) is 10.4. The molecule has 3 N–H and O–H groups in total. The first-order valence-electron chi connectivity index (χ1n) is 5.65. The predicted octanol–water partition coefficient (Wildman–Crippen LogP) is 0.441. The van der Waals surface area contributed by atoms with Crippen LogP contribution < -0.4 is 5.73 Å². The Morgan fingerprint density at radius 3 is 2.47 bits per heavy atom. The first-order chi connectivity index (χ1) is 7.08. The van der Waals surface area contributed by atoms with E-state index < -0.39 is 0 Å². The van der Waals surface area contributed by atoms with E-state index in [1.54, 1.807) is 7.11 Å². The summed E-state index contributed by atoms with van der Waals surface area (Å²) in [6.45, 7) is 4.88. The molecule has 0 aliphatic carbocycles. The fourth-order valence-electron chi connectivity index (χ4n) is 1.82. The van der Waals surface area contributed by atoms with Crippen molar-refractivity contribution in [3.63, 3.8) is 0 Å². The summed E-state index contributed by atoms with van der Waals surface area (Å²) in [6, 6.07) is 0.283. The number of hydrogen-bond donors (Lipinski definition) is 2. The number of nitrogens with zero attached hydrogens (tertiary/aromatic N) is 1. The third-order valence-electron chi connectivity index (χ3n) is 2.97. The molecule has 4 nitrogen and oxygen atoms in total. The van der Waals surface area contributed by atoms with Gasteiger partial charge in [-0.05, 0) is 20.4 Å². The molecule has 3 unspecified atom stereocenters. The summed E-state index contributed by atoms with van der Waals surface area (Å²) in [7, 11) is 3.64. The molecular formula is C11H26N2O2. The Morgan fingerprint density at radius 2 is 2.07 bits per heavy atom. The van der Waals surface area contributed by atoms with Gasteiger partial charge in [0.25, 0.3) is 0 Å². The average Bonchev–Trinajstić information content (AvgIpc) is 2.19. The van der Waals surface area contributed by atoms with E-state index in [0.717, 1.165) is 12.8 Å². The Balaban J connectivity index is 4.24. The second kappa shape index (κ2) is 8.05. The van der Waals surface area contributed by atoms with Crippen LogP contribution in [0.25, 0.3) is 0 Å². The lowest BCUT2D eigenvalue weighted by Gasteiger charge is -2.35. The van der Waals surface area contributed by atoms with Crippen LogP contribution in [0, 0.1) is 0 Å². The van der Waals surface area contributed by atoms with Crippen LogP contribution in [0.1, 0.15) is 26.7 Å². The van der Waals surface area contributed by atoms with E-state index in [-0.39, 0.29) is 18.7 Å². The second-order valence-electron chi connectivity index (χ2n) is 4.17. The Kier molecular flexibility index (Phi) is 7.96. The highest BCUT2D eigenvalue weighted by Crippen LogP contribution is 2.10. The third kappa shape index (κ3) is 4.93. The molecule has 0 aliphatic rings. The molecule has 15 heavy (non-hydrogen) atoms. The highest BCUT2D eigenvalue weighted by atomic mass is 16.5. The van der Waals surface area contributed by atoms with Crippen LogP contribution in [0.4, 0.5) is 0 Å². The molecule has 0 rings (SSSR count). The quantitative estimate of drug-likeness (QED) is 0.621. The molecule has 3 atom stereocenters. The summed E-state index contributed by atoms with van der Waals surface area (Å²) in [5.74, 6) is 0. The van der Waals surface area contributed by atoms with Crippen LogP contribution in [0.15, 0.2) is 0 Å². The summed E-state index contributed by atoms with van der Waals surface area (Å²) in [6.07, 6.45) is 2.26. The van der Waals surface area contributed by atoms with Gasteiger partial charge in [-0.25, -0.2) is 0 Å². The summed E-state index contributed by atoms with van der Waals surface area (Å²) < 4.78 is 5.01. The topological polar surface area (TPSA) is 58.7 Å². The van der Waals surface area contributed by atoms with Crippen molar-refractivity contribution in [3.05, 3.63) is 0 Å². The monoisotopic (exact) mass is 218 g/mol. The average molecular weight is 218 g/mol. The molecule has 0 saturated carbocycles. The molecule has 0 radical (unpaired) electrons. The number of aliphatic hydroxyl groups is 1. The van der Waals surface area contributed by atoms with Gasteiger partial charge in [-0.3, -0.25) is 4.90 Å². The molecule has 0 bridgehead atoms. The Hall–Kier alpha value is -0.160. The van der Waals surface area contributed by atoms with Gasteiger partial charge in [0.15, 0.2) is 0 Å². The molecule has 0 aromatic heterocycles. The van der Waals surface area contributed by atoms with Crippen molar-refractivity contribution >= 4 is 0 Å². The molecule has 0 aromatic rings. The van der Waals surface area contributed by atoms with Gasteiger partial charge in [0, 0.05) is 19.2 Å². The largest absolute Gasteiger partial charge is 0.395 e. The van der Waals surface area contributed by atoms with Crippen molar-refractivity contribution in [2.45, 2.75) is 44.8 Å². The summed E-state index contributed by atoms with van der Waals surface area (Å²) in [5.41, 5.74) is 5.95. The van der Waals surface area contributed by atoms with Crippen molar-refractivity contribution in [3.8, 4) is 0 Å². The van der Waals surface area contributed by atoms with Crippen LogP contribution in [-0.2, 0) is 4.74 Å². The van der Waals surface area contributed by atoms with Crippen molar-refractivity contribution < 1.29 is 9.84 Å². The first-order valence-corrected chi connectivity index (χ1v) is 5.65. The highest BCUT2D eigenvalue weighted by molar-refractivity contribution is 4.82. The molecule has 0 spiro atoms. The van der Waals surface area contributed by atoms with Gasteiger partial charge in [-0.15, -0.1) is 0 Å². The highest BCUT2D eigenvalue weighted by Gasteiger charge is 2.24. The predicted molar refractivity (Wildman–Crippen MR) is 62.9 cm³/mol. The van der Waals surface area contributed by atoms with Crippen LogP contribution in [-0.4, -0.2) is 55.5 Å². The lowest BCUT2D eigenvalue weighted by Crippen LogP contribution is -2.53. The molecular weight excluding hydrogens is 192 g/mol. The van der Waals surface area contributed by atoms with Gasteiger partial charge < -0.3 is 15.6 Å². The fraction of sp³-hybridized carbons (Fsp3) is 1.00. The minimum absolute atomic E-state index is 0.0218. The lowest BCUT2D eigenvalue weighted by molar-refractivity contribution is 0.0632. The molecule has 0 aliphatic heterocycles. The number of hydrogen-bond acceptors (Lipinski definition) is 4. The van der Waals surface area contributed by atoms with Gasteiger partial charge >= 0.3 is 0 Å². The van der Waals surface area contributed by atoms with Crippen molar-refractivity contribution in [1.29, 1.82) is 0 Å². The summed E-state index contributed by atoms with van der Waals surface area (Å²) in [5, 5.41) is 9.33. The maximum Gasteiger partial charge on any atom is 0.0629 e. The summed E-state index contributed by atoms with van der Waals surface area (Å²) >= 11 is 0. The lowest BCUT2D eigenvalue weighted by atomic mass is 10.1. The molecule has 92 valence electrons. The SMILES string of the molecule is CCCC(C)N(C)C(CO)C(N)COC. The van der Waals surface area contributed by atoms with E-state index in [4.69, 9.17) is 10.5 Å². The van der Waals surface area contributed by atoms with Crippen molar-refractivity contribution in [2.75, 3.05) is 27.4 Å². The van der Waals surface area contributed by atoms with Crippen molar-refractivity contribution in [1.82, 2.24) is 4.90 Å². The van der Waals surface area contributed by atoms with E-state index in [9.17, 15) is 5.11 Å². The van der Waals surface area contributed by atoms with Crippen LogP contribution >= 0.6 is 0 Å². The van der Waals surface area contributed by atoms with E-state index in [0.29, 0.717) is 12.6 Å². The second-order valence-corrected chi connectivity index (χ2v) is 4.17. The van der Waals surface area contributed by atoms with E-state index in [1.165, 1.54) is 0 Å². The third-order valence-corrected chi connectivity index (χ3v) is 2.97. The molecule has 0 fully saturated rings. The summed E-state index contributed by atoms with van der Waals surface area (Å²) in [4.78, 5) is 2.15. The van der Waals surface area contributed by atoms with Crippen LogP contribution in [0.3, 0.4) is 0 Å². The minimum atomic E-state index is -0.135. The zero-order chi connectivity index (χ0) is 11.8. The standard InChI is InChI=1S/C11H26N2O2/c1-5-6-9(2)13(3)11(7-14)10(12)8-15-4/h9-11,14H,5-8,12H2,1-4H3. The van der Waals surface area contributed by atoms with E-state index >= 15 is 0 Å². The van der Waals surface area contributed by atoms with E-state index in [2.05, 4.69) is 18.7 Å². The number of ether oxygens (including phenoxy) is 1. The fourth-order valence-corrected chi connectivity index (χ4v) is 1.82. The first kappa shape index (κ1) is 14.8. The van der Waals surface area contributed by atoms with Gasteiger partial charge in [-0.2, -0.15) is 0 Å². The van der Waals surface area contributed by atoms with Gasteiger partial charge in [0.05, 0.1) is 19.3 Å². The maximum absolute atomic E-state index is 9.33. The number of rotatable bonds is 8. The van der Waals surface area contributed by atoms with Crippen LogP contribution in [0.5, 0.6) is 0 Å². The maximum atomic E-state index is 9.33. The zero-order valence-corrected chi connectivity index (χ0v) is 10.4. The molecule has 0 heterocycles. The van der Waals surface area contributed by atoms with Gasteiger partial charge in [0.2, 0.25) is 0 Å².